The molecule has 0 N–H and O–H groups in total. The van der Waals surface area contributed by atoms with Gasteiger partial charge in [0.2, 0.25) is 0 Å². The molecule has 1 aliphatic rings. The van der Waals surface area contributed by atoms with E-state index in [1.165, 1.54) is 5.56 Å². The molecule has 6 heteroatoms. The number of rotatable bonds is 5. The first-order chi connectivity index (χ1) is 14.4. The molecule has 2 aromatic heterocycles. The third-order valence-corrected chi connectivity index (χ3v) is 5.76. The molecule has 0 radical (unpaired) electrons. The summed E-state index contributed by atoms with van der Waals surface area (Å²) in [6, 6.07) is 13.7. The topological polar surface area (TPSA) is 64.7 Å². The highest BCUT2D eigenvalue weighted by Crippen LogP contribution is 2.21. The second kappa shape index (κ2) is 8.22. The summed E-state index contributed by atoms with van der Waals surface area (Å²) in [5.41, 5.74) is 4.62. The first-order valence-corrected chi connectivity index (χ1v) is 10.2. The molecule has 0 spiro atoms. The van der Waals surface area contributed by atoms with E-state index in [-0.39, 0.29) is 5.91 Å². The van der Waals surface area contributed by atoms with Crippen molar-refractivity contribution >= 4 is 11.9 Å². The molecule has 4 rings (SSSR count). The Morgan fingerprint density at radius 1 is 1.13 bits per heavy atom. The number of nitrogens with zero attached hydrogens (tertiary/aromatic N) is 2. The van der Waals surface area contributed by atoms with E-state index >= 15 is 0 Å². The number of aromatic nitrogens is 1. The first-order valence-electron chi connectivity index (χ1n) is 10.2. The fourth-order valence-electron chi connectivity index (χ4n) is 4.02. The molecule has 1 aromatic carbocycles. The number of ether oxygens (including phenoxy) is 1. The molecule has 3 heterocycles. The summed E-state index contributed by atoms with van der Waals surface area (Å²) in [5.74, 6) is 0.167. The summed E-state index contributed by atoms with van der Waals surface area (Å²) < 4.78 is 13.0. The van der Waals surface area contributed by atoms with Gasteiger partial charge in [-0.25, -0.2) is 4.79 Å². The molecule has 1 amide bonds. The molecular formula is C24H26N2O4. The van der Waals surface area contributed by atoms with E-state index < -0.39 is 12.1 Å². The zero-order chi connectivity index (χ0) is 21.3. The molecule has 0 aliphatic carbocycles. The molecule has 0 saturated heterocycles. The van der Waals surface area contributed by atoms with Gasteiger partial charge in [0.05, 0.1) is 18.4 Å². The van der Waals surface area contributed by atoms with Crippen molar-refractivity contribution in [2.45, 2.75) is 46.4 Å². The fraction of sp³-hybridized carbons (Fsp3) is 0.333. The number of furan rings is 1. The Morgan fingerprint density at radius 3 is 2.63 bits per heavy atom. The van der Waals surface area contributed by atoms with E-state index in [9.17, 15) is 9.59 Å². The van der Waals surface area contributed by atoms with Crippen LogP contribution in [0.4, 0.5) is 0 Å². The zero-order valence-electron chi connectivity index (χ0n) is 17.6. The molecule has 1 atom stereocenters. The van der Waals surface area contributed by atoms with E-state index in [0.29, 0.717) is 25.2 Å². The first kappa shape index (κ1) is 20.0. The van der Waals surface area contributed by atoms with Crippen LogP contribution in [0.3, 0.4) is 0 Å². The van der Waals surface area contributed by atoms with Crippen LogP contribution in [0.25, 0.3) is 0 Å². The standard InChI is InChI=1S/C24H26N2O4/c1-16-13-22(17(2)26(16)15-21-9-6-12-29-21)24(28)30-18(3)23(27)25-11-10-19-7-4-5-8-20(19)14-25/h4-9,12-13,18H,10-11,14-15H2,1-3H3/t18-/m1/s1. The lowest BCUT2D eigenvalue weighted by molar-refractivity contribution is -0.140. The molecular weight excluding hydrogens is 380 g/mol. The van der Waals surface area contributed by atoms with Gasteiger partial charge in [0.15, 0.2) is 6.10 Å². The number of benzene rings is 1. The van der Waals surface area contributed by atoms with Gasteiger partial charge < -0.3 is 18.6 Å². The molecule has 0 unspecified atom stereocenters. The van der Waals surface area contributed by atoms with Crippen LogP contribution in [-0.2, 0) is 29.0 Å². The van der Waals surface area contributed by atoms with Crippen molar-refractivity contribution in [3.05, 3.63) is 82.6 Å². The van der Waals surface area contributed by atoms with Gasteiger partial charge in [0.25, 0.3) is 5.91 Å². The predicted molar refractivity (Wildman–Crippen MR) is 112 cm³/mol. The van der Waals surface area contributed by atoms with Gasteiger partial charge in [-0.05, 0) is 56.5 Å². The summed E-state index contributed by atoms with van der Waals surface area (Å²) in [6.07, 6.45) is 1.61. The van der Waals surface area contributed by atoms with Crippen LogP contribution in [0, 0.1) is 13.8 Å². The van der Waals surface area contributed by atoms with Gasteiger partial charge >= 0.3 is 5.97 Å². The van der Waals surface area contributed by atoms with Gasteiger partial charge in [-0.3, -0.25) is 4.79 Å². The minimum absolute atomic E-state index is 0.165. The van der Waals surface area contributed by atoms with Gasteiger partial charge in [0, 0.05) is 24.5 Å². The van der Waals surface area contributed by atoms with Crippen LogP contribution in [-0.4, -0.2) is 34.0 Å². The lowest BCUT2D eigenvalue weighted by Gasteiger charge is -2.30. The van der Waals surface area contributed by atoms with Gasteiger partial charge in [-0.2, -0.15) is 0 Å². The van der Waals surface area contributed by atoms with Crippen LogP contribution >= 0.6 is 0 Å². The average molecular weight is 406 g/mol. The minimum Gasteiger partial charge on any atom is -0.467 e. The molecule has 6 nitrogen and oxygen atoms in total. The number of carbonyl (C=O) groups excluding carboxylic acids is 2. The van der Waals surface area contributed by atoms with Crippen LogP contribution in [0.2, 0.25) is 0 Å². The maximum absolute atomic E-state index is 12.9. The normalized spacial score (nSPS) is 14.3. The van der Waals surface area contributed by atoms with Crippen LogP contribution in [0.1, 0.15) is 45.6 Å². The van der Waals surface area contributed by atoms with Crippen molar-refractivity contribution in [3.8, 4) is 0 Å². The van der Waals surface area contributed by atoms with Crippen molar-refractivity contribution in [3.63, 3.8) is 0 Å². The average Bonchev–Trinajstić information content (AvgIpc) is 3.36. The maximum atomic E-state index is 12.9. The molecule has 1 aliphatic heterocycles. The van der Waals surface area contributed by atoms with E-state index in [2.05, 4.69) is 6.07 Å². The van der Waals surface area contributed by atoms with Gasteiger partial charge in [-0.15, -0.1) is 0 Å². The highest BCUT2D eigenvalue weighted by Gasteiger charge is 2.28. The number of carbonyl (C=O) groups is 2. The highest BCUT2D eigenvalue weighted by molar-refractivity contribution is 5.93. The smallest absolute Gasteiger partial charge is 0.340 e. The van der Waals surface area contributed by atoms with E-state index in [1.54, 1.807) is 24.2 Å². The molecule has 0 fully saturated rings. The van der Waals surface area contributed by atoms with Crippen molar-refractivity contribution < 1.29 is 18.7 Å². The van der Waals surface area contributed by atoms with Crippen LogP contribution < -0.4 is 0 Å². The number of hydrogen-bond acceptors (Lipinski definition) is 4. The molecule has 0 bridgehead atoms. The maximum Gasteiger partial charge on any atom is 0.340 e. The molecule has 156 valence electrons. The van der Waals surface area contributed by atoms with Crippen LogP contribution in [0.5, 0.6) is 0 Å². The second-order valence-corrected chi connectivity index (χ2v) is 7.78. The number of amides is 1. The summed E-state index contributed by atoms with van der Waals surface area (Å²) in [4.78, 5) is 27.4. The van der Waals surface area contributed by atoms with E-state index in [4.69, 9.17) is 9.15 Å². The SMILES string of the molecule is Cc1cc(C(=O)O[C@H](C)C(=O)N2CCc3ccccc3C2)c(C)n1Cc1ccco1. The summed E-state index contributed by atoms with van der Waals surface area (Å²) in [6.45, 7) is 7.18. The Hall–Kier alpha value is -3.28. The Morgan fingerprint density at radius 2 is 1.90 bits per heavy atom. The third kappa shape index (κ3) is 3.90. The Bertz CT molecular complexity index is 1070. The summed E-state index contributed by atoms with van der Waals surface area (Å²) in [5, 5.41) is 0. The minimum atomic E-state index is -0.837. The summed E-state index contributed by atoms with van der Waals surface area (Å²) in [7, 11) is 0. The summed E-state index contributed by atoms with van der Waals surface area (Å²) >= 11 is 0. The van der Waals surface area contributed by atoms with E-state index in [1.807, 2.05) is 48.7 Å². The Labute approximate surface area is 176 Å². The van der Waals surface area contributed by atoms with Gasteiger partial charge in [0.1, 0.15) is 5.76 Å². The lowest BCUT2D eigenvalue weighted by atomic mass is 9.99. The number of esters is 1. The second-order valence-electron chi connectivity index (χ2n) is 7.78. The predicted octanol–water partition coefficient (Wildman–Crippen LogP) is 3.88. The van der Waals surface area contributed by atoms with Gasteiger partial charge in [-0.1, -0.05) is 24.3 Å². The quantitative estimate of drug-likeness (QED) is 0.603. The van der Waals surface area contributed by atoms with Crippen molar-refractivity contribution in [2.75, 3.05) is 6.54 Å². The van der Waals surface area contributed by atoms with Crippen molar-refractivity contribution in [1.29, 1.82) is 0 Å². The van der Waals surface area contributed by atoms with E-state index in [0.717, 1.165) is 29.1 Å². The fourth-order valence-corrected chi connectivity index (χ4v) is 4.02. The number of aryl methyl sites for hydroxylation is 1. The molecule has 3 aromatic rings. The van der Waals surface area contributed by atoms with Crippen molar-refractivity contribution in [1.82, 2.24) is 9.47 Å². The highest BCUT2D eigenvalue weighted by atomic mass is 16.5. The zero-order valence-corrected chi connectivity index (χ0v) is 17.6. The largest absolute Gasteiger partial charge is 0.467 e. The Balaban J connectivity index is 1.43. The Kier molecular flexibility index (Phi) is 5.48. The molecule has 30 heavy (non-hydrogen) atoms. The number of hydrogen-bond donors (Lipinski definition) is 0. The number of fused-ring (bicyclic) bond motifs is 1. The van der Waals surface area contributed by atoms with Crippen molar-refractivity contribution in [2.24, 2.45) is 0 Å². The third-order valence-electron chi connectivity index (χ3n) is 5.76. The monoisotopic (exact) mass is 406 g/mol. The molecule has 0 saturated carbocycles. The lowest BCUT2D eigenvalue weighted by Crippen LogP contribution is -2.42. The van der Waals surface area contributed by atoms with Crippen LogP contribution in [0.15, 0.2) is 53.1 Å².